The van der Waals surface area contributed by atoms with Gasteiger partial charge in [0, 0.05) is 18.2 Å². The predicted molar refractivity (Wildman–Crippen MR) is 73.4 cm³/mol. The number of anilines is 1. The summed E-state index contributed by atoms with van der Waals surface area (Å²) < 4.78 is 5.34. The molecule has 1 radical (unpaired) electrons. The first-order valence-electron chi connectivity index (χ1n) is 6.68. The van der Waals surface area contributed by atoms with Gasteiger partial charge >= 0.3 is 5.97 Å². The molecular formula is C15H15N2O3. The smallest absolute Gasteiger partial charge is 0.326 e. The van der Waals surface area contributed by atoms with Crippen LogP contribution in [0.3, 0.4) is 0 Å². The number of rotatable bonds is 3. The summed E-state index contributed by atoms with van der Waals surface area (Å²) in [5.74, 6) is -0.281. The second-order valence-corrected chi connectivity index (χ2v) is 4.88. The Hall–Kier alpha value is -2.30. The van der Waals surface area contributed by atoms with Gasteiger partial charge in [-0.2, -0.15) is 0 Å². The first-order chi connectivity index (χ1) is 9.75. The summed E-state index contributed by atoms with van der Waals surface area (Å²) >= 11 is 0. The van der Waals surface area contributed by atoms with Crippen LogP contribution in [0.2, 0.25) is 0 Å². The SMILES string of the molecule is O=C(O)C1CCCCN1c1cc(-c2cc[c]cc2)no1. The Morgan fingerprint density at radius 3 is 2.95 bits per heavy atom. The second-order valence-electron chi connectivity index (χ2n) is 4.88. The third kappa shape index (κ3) is 2.39. The summed E-state index contributed by atoms with van der Waals surface area (Å²) in [7, 11) is 0. The van der Waals surface area contributed by atoms with Crippen LogP contribution in [-0.4, -0.2) is 28.8 Å². The first-order valence-corrected chi connectivity index (χ1v) is 6.68. The minimum Gasteiger partial charge on any atom is -0.480 e. The van der Waals surface area contributed by atoms with Gasteiger partial charge < -0.3 is 14.5 Å². The zero-order chi connectivity index (χ0) is 13.9. The third-order valence-electron chi connectivity index (χ3n) is 3.58. The molecule has 1 aromatic heterocycles. The van der Waals surface area contributed by atoms with Gasteiger partial charge in [0.1, 0.15) is 11.7 Å². The maximum atomic E-state index is 11.3. The second kappa shape index (κ2) is 5.36. The Kier molecular flexibility index (Phi) is 3.41. The summed E-state index contributed by atoms with van der Waals surface area (Å²) in [5.41, 5.74) is 1.64. The number of hydrogen-bond acceptors (Lipinski definition) is 4. The molecule has 20 heavy (non-hydrogen) atoms. The molecule has 1 aromatic carbocycles. The summed E-state index contributed by atoms with van der Waals surface area (Å²) in [6.45, 7) is 0.689. The maximum absolute atomic E-state index is 11.3. The molecule has 1 fully saturated rings. The monoisotopic (exact) mass is 271 g/mol. The number of carbonyl (C=O) groups is 1. The molecule has 1 aliphatic heterocycles. The molecule has 0 aliphatic carbocycles. The van der Waals surface area contributed by atoms with Crippen molar-refractivity contribution in [2.75, 3.05) is 11.4 Å². The lowest BCUT2D eigenvalue weighted by molar-refractivity contribution is -0.139. The minimum atomic E-state index is -0.808. The standard InChI is InChI=1S/C15H15N2O3/c18-15(19)13-8-4-5-9-17(13)14-10-12(16-20-14)11-6-2-1-3-7-11/h2-3,6-7,10,13H,4-5,8-9H2,(H,18,19). The molecule has 0 spiro atoms. The van der Waals surface area contributed by atoms with Crippen LogP contribution in [0.4, 0.5) is 5.88 Å². The molecule has 2 aromatic rings. The zero-order valence-corrected chi connectivity index (χ0v) is 11.0. The molecule has 103 valence electrons. The van der Waals surface area contributed by atoms with Crippen molar-refractivity contribution in [1.29, 1.82) is 0 Å². The Morgan fingerprint density at radius 1 is 1.40 bits per heavy atom. The van der Waals surface area contributed by atoms with Crippen LogP contribution in [0, 0.1) is 6.07 Å². The van der Waals surface area contributed by atoms with Crippen LogP contribution < -0.4 is 4.90 Å². The number of benzene rings is 1. The normalized spacial score (nSPS) is 19.0. The zero-order valence-electron chi connectivity index (χ0n) is 11.0. The third-order valence-corrected chi connectivity index (χ3v) is 3.58. The van der Waals surface area contributed by atoms with Crippen molar-refractivity contribution >= 4 is 11.9 Å². The summed E-state index contributed by atoms with van der Waals surface area (Å²) in [5, 5.41) is 13.3. The molecule has 0 saturated carbocycles. The number of aromatic nitrogens is 1. The van der Waals surface area contributed by atoms with E-state index in [0.29, 0.717) is 24.5 Å². The Morgan fingerprint density at radius 2 is 2.20 bits per heavy atom. The van der Waals surface area contributed by atoms with E-state index >= 15 is 0 Å². The average Bonchev–Trinajstić information content (AvgIpc) is 2.98. The highest BCUT2D eigenvalue weighted by molar-refractivity contribution is 5.78. The van der Waals surface area contributed by atoms with Crippen molar-refractivity contribution in [3.8, 4) is 11.3 Å². The molecule has 5 heteroatoms. The first kappa shape index (κ1) is 12.7. The molecule has 0 amide bonds. The molecule has 1 atom stereocenters. The highest BCUT2D eigenvalue weighted by Gasteiger charge is 2.30. The quantitative estimate of drug-likeness (QED) is 0.929. The maximum Gasteiger partial charge on any atom is 0.326 e. The van der Waals surface area contributed by atoms with Gasteiger partial charge in [0.25, 0.3) is 0 Å². The number of aliphatic carboxylic acids is 1. The summed E-state index contributed by atoms with van der Waals surface area (Å²) in [4.78, 5) is 13.1. The minimum absolute atomic E-state index is 0.520. The van der Waals surface area contributed by atoms with Crippen molar-refractivity contribution in [3.05, 3.63) is 36.4 Å². The van der Waals surface area contributed by atoms with Crippen LogP contribution >= 0.6 is 0 Å². The molecule has 1 N–H and O–H groups in total. The summed E-state index contributed by atoms with van der Waals surface area (Å²) in [6, 6.07) is 11.6. The molecule has 5 nitrogen and oxygen atoms in total. The Balaban J connectivity index is 1.87. The largest absolute Gasteiger partial charge is 0.480 e. The van der Waals surface area contributed by atoms with Gasteiger partial charge in [-0.15, -0.1) is 0 Å². The predicted octanol–water partition coefficient (Wildman–Crippen LogP) is 2.59. The van der Waals surface area contributed by atoms with E-state index in [4.69, 9.17) is 4.52 Å². The highest BCUT2D eigenvalue weighted by atomic mass is 16.5. The molecular weight excluding hydrogens is 256 g/mol. The molecule has 1 aliphatic rings. The van der Waals surface area contributed by atoms with E-state index in [0.717, 1.165) is 18.4 Å². The van der Waals surface area contributed by atoms with E-state index in [2.05, 4.69) is 11.2 Å². The van der Waals surface area contributed by atoms with E-state index in [1.165, 1.54) is 0 Å². The van der Waals surface area contributed by atoms with Crippen molar-refractivity contribution in [2.24, 2.45) is 0 Å². The molecule has 0 bridgehead atoms. The highest BCUT2D eigenvalue weighted by Crippen LogP contribution is 2.29. The van der Waals surface area contributed by atoms with E-state index in [9.17, 15) is 9.90 Å². The Labute approximate surface area is 116 Å². The average molecular weight is 271 g/mol. The van der Waals surface area contributed by atoms with Gasteiger partial charge in [0.05, 0.1) is 0 Å². The number of carboxylic acid groups (broad SMARTS) is 1. The van der Waals surface area contributed by atoms with Crippen molar-refractivity contribution < 1.29 is 14.4 Å². The van der Waals surface area contributed by atoms with Gasteiger partial charge in [0.2, 0.25) is 5.88 Å². The van der Waals surface area contributed by atoms with Gasteiger partial charge in [-0.1, -0.05) is 29.4 Å². The van der Waals surface area contributed by atoms with Gasteiger partial charge in [0.15, 0.2) is 0 Å². The Bertz CT molecular complexity index is 594. The van der Waals surface area contributed by atoms with E-state index in [1.807, 2.05) is 24.3 Å². The van der Waals surface area contributed by atoms with Crippen LogP contribution in [-0.2, 0) is 4.79 Å². The lowest BCUT2D eigenvalue weighted by Gasteiger charge is -2.31. The molecule has 1 saturated heterocycles. The van der Waals surface area contributed by atoms with Gasteiger partial charge in [-0.05, 0) is 25.3 Å². The van der Waals surface area contributed by atoms with Gasteiger partial charge in [-0.3, -0.25) is 0 Å². The van der Waals surface area contributed by atoms with Gasteiger partial charge in [-0.25, -0.2) is 4.79 Å². The lowest BCUT2D eigenvalue weighted by atomic mass is 10.0. The fraction of sp³-hybridized carbons (Fsp3) is 0.333. The van der Waals surface area contributed by atoms with E-state index in [1.54, 1.807) is 11.0 Å². The van der Waals surface area contributed by atoms with Crippen molar-refractivity contribution in [1.82, 2.24) is 5.16 Å². The molecule has 2 heterocycles. The fourth-order valence-corrected chi connectivity index (χ4v) is 2.55. The molecule has 3 rings (SSSR count). The number of carboxylic acids is 1. The number of nitrogens with zero attached hydrogens (tertiary/aromatic N) is 2. The summed E-state index contributed by atoms with van der Waals surface area (Å²) in [6.07, 6.45) is 2.55. The van der Waals surface area contributed by atoms with E-state index in [-0.39, 0.29) is 0 Å². The van der Waals surface area contributed by atoms with E-state index < -0.39 is 12.0 Å². The van der Waals surface area contributed by atoms with Crippen LogP contribution in [0.15, 0.2) is 34.9 Å². The number of hydrogen-bond donors (Lipinski definition) is 1. The van der Waals surface area contributed by atoms with Crippen molar-refractivity contribution in [3.63, 3.8) is 0 Å². The fourth-order valence-electron chi connectivity index (χ4n) is 2.55. The van der Waals surface area contributed by atoms with Crippen molar-refractivity contribution in [2.45, 2.75) is 25.3 Å². The molecule has 1 unspecified atom stereocenters. The van der Waals surface area contributed by atoms with Crippen LogP contribution in [0.25, 0.3) is 11.3 Å². The lowest BCUT2D eigenvalue weighted by Crippen LogP contribution is -2.44. The van der Waals surface area contributed by atoms with Crippen LogP contribution in [0.1, 0.15) is 19.3 Å². The number of piperidine rings is 1. The van der Waals surface area contributed by atoms with Crippen LogP contribution in [0.5, 0.6) is 0 Å². The topological polar surface area (TPSA) is 66.6 Å².